The van der Waals surface area contributed by atoms with Crippen LogP contribution < -0.4 is 10.2 Å². The van der Waals surface area contributed by atoms with E-state index < -0.39 is 0 Å². The second kappa shape index (κ2) is 8.41. The Morgan fingerprint density at radius 3 is 2.65 bits per heavy atom. The summed E-state index contributed by atoms with van der Waals surface area (Å²) < 4.78 is 20.8. The van der Waals surface area contributed by atoms with Crippen molar-refractivity contribution in [3.63, 3.8) is 0 Å². The van der Waals surface area contributed by atoms with E-state index in [0.717, 1.165) is 47.9 Å². The molecule has 0 bridgehead atoms. The number of pyridine rings is 2. The molecule has 0 aliphatic carbocycles. The lowest BCUT2D eigenvalue weighted by molar-refractivity contribution is 0.163. The van der Waals surface area contributed by atoms with Gasteiger partial charge in [-0.1, -0.05) is 0 Å². The third kappa shape index (κ3) is 3.87. The van der Waals surface area contributed by atoms with Crippen molar-refractivity contribution in [1.82, 2.24) is 24.8 Å². The number of rotatable bonds is 5. The zero-order valence-electron chi connectivity index (χ0n) is 17.2. The van der Waals surface area contributed by atoms with E-state index in [2.05, 4.69) is 15.2 Å². The van der Waals surface area contributed by atoms with E-state index in [4.69, 9.17) is 14.7 Å². The number of aromatic nitrogens is 4. The number of imidazole rings is 1. The average Bonchev–Trinajstić information content (AvgIpc) is 3.19. The molecule has 1 saturated heterocycles. The molecule has 3 aromatic heterocycles. The van der Waals surface area contributed by atoms with Crippen molar-refractivity contribution < 1.29 is 9.13 Å². The fourth-order valence-electron chi connectivity index (χ4n) is 4.00. The van der Waals surface area contributed by atoms with Gasteiger partial charge in [0, 0.05) is 50.7 Å². The van der Waals surface area contributed by atoms with E-state index in [1.54, 1.807) is 31.6 Å². The van der Waals surface area contributed by atoms with Crippen LogP contribution in [0.25, 0.3) is 28.2 Å². The fraction of sp³-hybridized carbons (Fsp3) is 0.261. The summed E-state index contributed by atoms with van der Waals surface area (Å²) in [4.78, 5) is 16.2. The summed E-state index contributed by atoms with van der Waals surface area (Å²) in [5, 5.41) is 3.47. The topological polar surface area (TPSA) is 68.1 Å². The minimum atomic E-state index is -0.278. The lowest BCUT2D eigenvalue weighted by atomic mass is 10.2. The van der Waals surface area contributed by atoms with Crippen LogP contribution in [0.5, 0.6) is 0 Å². The molecule has 0 amide bonds. The molecule has 1 aromatic carbocycles. The van der Waals surface area contributed by atoms with Crippen LogP contribution in [0, 0.1) is 5.82 Å². The highest BCUT2D eigenvalue weighted by molar-refractivity contribution is 5.81. The molecule has 1 aliphatic rings. The molecule has 8 heteroatoms. The van der Waals surface area contributed by atoms with Crippen LogP contribution in [0.1, 0.15) is 0 Å². The number of fused-ring (bicyclic) bond motifs is 1. The summed E-state index contributed by atoms with van der Waals surface area (Å²) in [6.07, 6.45) is 3.48. The smallest absolute Gasteiger partial charge is 0.167 e. The molecule has 0 radical (unpaired) electrons. The van der Waals surface area contributed by atoms with Gasteiger partial charge in [-0.2, -0.15) is 0 Å². The number of nitrogens with one attached hydrogen (secondary N) is 1. The van der Waals surface area contributed by atoms with Gasteiger partial charge in [0.2, 0.25) is 0 Å². The standard InChI is InChI=1S/C23H23FN6O/c1-31-15-18-14-29(13-12-26-18)21-7-6-20-23(28-21)30(19-8-10-25-11-9-19)22(27-20)16-2-4-17(24)5-3-16/h2-11,18,26H,12-15H2,1H3/t18-/m0/s1. The molecule has 1 aliphatic heterocycles. The molecule has 1 atom stereocenters. The Labute approximate surface area is 179 Å². The minimum Gasteiger partial charge on any atom is -0.383 e. The van der Waals surface area contributed by atoms with Gasteiger partial charge in [0.25, 0.3) is 0 Å². The number of halogens is 1. The van der Waals surface area contributed by atoms with Gasteiger partial charge in [-0.3, -0.25) is 9.55 Å². The molecular weight excluding hydrogens is 395 g/mol. The Hall–Kier alpha value is -3.36. The maximum Gasteiger partial charge on any atom is 0.167 e. The quantitative estimate of drug-likeness (QED) is 0.537. The monoisotopic (exact) mass is 418 g/mol. The van der Waals surface area contributed by atoms with Gasteiger partial charge in [0.1, 0.15) is 23.0 Å². The van der Waals surface area contributed by atoms with Crippen molar-refractivity contribution in [2.45, 2.75) is 6.04 Å². The normalized spacial score (nSPS) is 16.7. The number of nitrogens with zero attached hydrogens (tertiary/aromatic N) is 5. The van der Waals surface area contributed by atoms with E-state index in [-0.39, 0.29) is 11.9 Å². The number of anilines is 1. The third-order valence-electron chi connectivity index (χ3n) is 5.46. The van der Waals surface area contributed by atoms with Crippen molar-refractivity contribution in [1.29, 1.82) is 0 Å². The second-order valence-electron chi connectivity index (χ2n) is 7.55. The summed E-state index contributed by atoms with van der Waals surface area (Å²) >= 11 is 0. The Morgan fingerprint density at radius 1 is 1.06 bits per heavy atom. The minimum absolute atomic E-state index is 0.260. The predicted molar refractivity (Wildman–Crippen MR) is 118 cm³/mol. The van der Waals surface area contributed by atoms with Crippen LogP contribution in [0.2, 0.25) is 0 Å². The Morgan fingerprint density at radius 2 is 1.87 bits per heavy atom. The van der Waals surface area contributed by atoms with Crippen molar-refractivity contribution >= 4 is 17.0 Å². The fourth-order valence-corrected chi connectivity index (χ4v) is 4.00. The molecular formula is C23H23FN6O. The number of hydrogen-bond acceptors (Lipinski definition) is 6. The van der Waals surface area contributed by atoms with Gasteiger partial charge in [0.05, 0.1) is 12.3 Å². The largest absolute Gasteiger partial charge is 0.383 e. The molecule has 1 fully saturated rings. The maximum atomic E-state index is 13.5. The first-order chi connectivity index (χ1) is 15.2. The SMILES string of the molecule is COC[C@@H]1CN(c2ccc3nc(-c4ccc(F)cc4)n(-c4ccncc4)c3n2)CCN1. The molecule has 0 unspecified atom stereocenters. The molecule has 31 heavy (non-hydrogen) atoms. The van der Waals surface area contributed by atoms with Crippen LogP contribution in [0.4, 0.5) is 10.2 Å². The lowest BCUT2D eigenvalue weighted by Gasteiger charge is -2.34. The van der Waals surface area contributed by atoms with Crippen molar-refractivity contribution in [2.24, 2.45) is 0 Å². The number of benzene rings is 1. The highest BCUT2D eigenvalue weighted by Crippen LogP contribution is 2.29. The van der Waals surface area contributed by atoms with Crippen molar-refractivity contribution in [3.05, 3.63) is 66.7 Å². The summed E-state index contributed by atoms with van der Waals surface area (Å²) in [5.41, 5.74) is 3.26. The van der Waals surface area contributed by atoms with E-state index in [0.29, 0.717) is 12.4 Å². The molecule has 1 N–H and O–H groups in total. The molecule has 158 valence electrons. The summed E-state index contributed by atoms with van der Waals surface area (Å²) in [6, 6.07) is 14.5. The van der Waals surface area contributed by atoms with Gasteiger partial charge in [-0.25, -0.2) is 14.4 Å². The molecule has 4 heterocycles. The van der Waals surface area contributed by atoms with Crippen molar-refractivity contribution in [2.75, 3.05) is 38.3 Å². The molecule has 0 saturated carbocycles. The van der Waals surface area contributed by atoms with Crippen LogP contribution in [0.15, 0.2) is 60.9 Å². The first kappa shape index (κ1) is 19.6. The van der Waals surface area contributed by atoms with Gasteiger partial charge >= 0.3 is 0 Å². The number of ether oxygens (including phenoxy) is 1. The molecule has 7 nitrogen and oxygen atoms in total. The maximum absolute atomic E-state index is 13.5. The van der Waals surface area contributed by atoms with E-state index in [1.165, 1.54) is 12.1 Å². The Kier molecular flexibility index (Phi) is 5.31. The highest BCUT2D eigenvalue weighted by Gasteiger charge is 2.22. The predicted octanol–water partition coefficient (Wildman–Crippen LogP) is 3.05. The zero-order chi connectivity index (χ0) is 21.2. The van der Waals surface area contributed by atoms with Gasteiger partial charge in [-0.05, 0) is 48.5 Å². The zero-order valence-corrected chi connectivity index (χ0v) is 17.2. The second-order valence-corrected chi connectivity index (χ2v) is 7.55. The number of hydrogen-bond donors (Lipinski definition) is 1. The Balaban J connectivity index is 1.63. The first-order valence-corrected chi connectivity index (χ1v) is 10.3. The van der Waals surface area contributed by atoms with Gasteiger partial charge in [-0.15, -0.1) is 0 Å². The van der Waals surface area contributed by atoms with Crippen LogP contribution in [-0.2, 0) is 4.74 Å². The molecule has 0 spiro atoms. The summed E-state index contributed by atoms with van der Waals surface area (Å²) in [5.74, 6) is 1.33. The summed E-state index contributed by atoms with van der Waals surface area (Å²) in [7, 11) is 1.72. The molecule has 4 aromatic rings. The number of methoxy groups -OCH3 is 1. The lowest BCUT2D eigenvalue weighted by Crippen LogP contribution is -2.52. The highest BCUT2D eigenvalue weighted by atomic mass is 19.1. The van der Waals surface area contributed by atoms with E-state index in [1.807, 2.05) is 28.8 Å². The average molecular weight is 418 g/mol. The summed E-state index contributed by atoms with van der Waals surface area (Å²) in [6.45, 7) is 3.22. The van der Waals surface area contributed by atoms with Crippen LogP contribution in [-0.4, -0.2) is 58.9 Å². The third-order valence-corrected chi connectivity index (χ3v) is 5.46. The van der Waals surface area contributed by atoms with Gasteiger partial charge in [0.15, 0.2) is 5.65 Å². The Bertz CT molecular complexity index is 1180. The van der Waals surface area contributed by atoms with Crippen LogP contribution in [0.3, 0.4) is 0 Å². The van der Waals surface area contributed by atoms with E-state index in [9.17, 15) is 4.39 Å². The van der Waals surface area contributed by atoms with Gasteiger partial charge < -0.3 is 15.0 Å². The number of piperazine rings is 1. The first-order valence-electron chi connectivity index (χ1n) is 10.3. The molecule has 5 rings (SSSR count). The van der Waals surface area contributed by atoms with Crippen molar-refractivity contribution in [3.8, 4) is 17.1 Å². The van der Waals surface area contributed by atoms with E-state index >= 15 is 0 Å². The van der Waals surface area contributed by atoms with Crippen LogP contribution >= 0.6 is 0 Å².